The molecule has 0 bridgehead atoms. The van der Waals surface area contributed by atoms with Crippen molar-refractivity contribution in [2.45, 2.75) is 136 Å². The molecule has 0 unspecified atom stereocenters. The monoisotopic (exact) mass is 460 g/mol. The molecule has 31 heavy (non-hydrogen) atoms. The second-order valence-corrected chi connectivity index (χ2v) is 15.7. The average Bonchev–Trinajstić information content (AvgIpc) is 2.75. The quantitative estimate of drug-likeness (QED) is 0.106. The Hall–Kier alpha value is 0.350. The van der Waals surface area contributed by atoms with E-state index in [1.807, 2.05) is 0 Å². The van der Waals surface area contributed by atoms with E-state index in [4.69, 9.17) is 0 Å². The fraction of sp³-hybridized carbons (Fsp3) is 1.00. The third-order valence-corrected chi connectivity index (χ3v) is 13.1. The molecule has 0 saturated heterocycles. The third-order valence-electron chi connectivity index (χ3n) is 7.13. The molecule has 0 fully saturated rings. The molecule has 0 heterocycles. The molecule has 0 aromatic carbocycles. The van der Waals surface area contributed by atoms with Crippen molar-refractivity contribution in [1.29, 1.82) is 0 Å². The van der Waals surface area contributed by atoms with Gasteiger partial charge in [0.1, 0.15) is 0 Å². The standard InChI is InChI=1S/C28H61O2P/c1-4-5-6-7-8-9-10-11-12-13-14-15-16-17-18-19-24-31(25-20-22-29,26-21-23-30)27-28(2)3/h28-31H,4-27H2,1-3H3. The Morgan fingerprint density at radius 3 is 1.13 bits per heavy atom. The molecule has 0 aliphatic heterocycles. The van der Waals surface area contributed by atoms with Gasteiger partial charge in [-0.3, -0.25) is 0 Å². The van der Waals surface area contributed by atoms with E-state index in [2.05, 4.69) is 20.8 Å². The zero-order chi connectivity index (χ0) is 23.0. The SMILES string of the molecule is CCCCCCCCCCCCCCCCCC[PH](CCCO)(CCCO)CC(C)C. The number of rotatable bonds is 25. The van der Waals surface area contributed by atoms with E-state index >= 15 is 0 Å². The molecule has 0 saturated carbocycles. The molecule has 0 atom stereocenters. The summed E-state index contributed by atoms with van der Waals surface area (Å²) >= 11 is 0. The summed E-state index contributed by atoms with van der Waals surface area (Å²) in [5.74, 6) is 0.755. The summed E-state index contributed by atoms with van der Waals surface area (Å²) < 4.78 is 0. The van der Waals surface area contributed by atoms with Crippen LogP contribution in [-0.4, -0.2) is 48.1 Å². The summed E-state index contributed by atoms with van der Waals surface area (Å²) in [5.41, 5.74) is 0. The predicted molar refractivity (Wildman–Crippen MR) is 146 cm³/mol. The molecule has 190 valence electrons. The van der Waals surface area contributed by atoms with Crippen LogP contribution in [0, 0.1) is 5.92 Å². The van der Waals surface area contributed by atoms with Gasteiger partial charge in [0.2, 0.25) is 0 Å². The molecule has 0 amide bonds. The maximum atomic E-state index is 9.37. The Kier molecular flexibility index (Phi) is 23.8. The van der Waals surface area contributed by atoms with Gasteiger partial charge in [-0.15, -0.1) is 0 Å². The summed E-state index contributed by atoms with van der Waals surface area (Å²) in [6, 6.07) is 0. The van der Waals surface area contributed by atoms with E-state index in [1.165, 1.54) is 127 Å². The van der Waals surface area contributed by atoms with Crippen LogP contribution in [0.3, 0.4) is 0 Å². The van der Waals surface area contributed by atoms with E-state index in [-0.39, 0.29) is 0 Å². The number of unbranched alkanes of at least 4 members (excludes halogenated alkanes) is 15. The zero-order valence-corrected chi connectivity index (χ0v) is 22.9. The van der Waals surface area contributed by atoms with Crippen molar-refractivity contribution in [2.75, 3.05) is 37.9 Å². The summed E-state index contributed by atoms with van der Waals surface area (Å²) in [5, 5.41) is 18.7. The van der Waals surface area contributed by atoms with Crippen LogP contribution in [-0.2, 0) is 0 Å². The van der Waals surface area contributed by atoms with Gasteiger partial charge >= 0.3 is 159 Å². The molecule has 0 aromatic heterocycles. The fourth-order valence-electron chi connectivity index (χ4n) is 5.50. The topological polar surface area (TPSA) is 40.5 Å². The Morgan fingerprint density at radius 1 is 0.484 bits per heavy atom. The molecule has 0 aliphatic rings. The second-order valence-electron chi connectivity index (χ2n) is 10.8. The average molecular weight is 461 g/mol. The first kappa shape index (κ1) is 31.4. The van der Waals surface area contributed by atoms with Gasteiger partial charge in [0.05, 0.1) is 0 Å². The van der Waals surface area contributed by atoms with Gasteiger partial charge in [0, 0.05) is 0 Å². The van der Waals surface area contributed by atoms with Crippen molar-refractivity contribution in [3.05, 3.63) is 0 Å². The predicted octanol–water partition coefficient (Wildman–Crippen LogP) is 8.42. The van der Waals surface area contributed by atoms with Crippen molar-refractivity contribution < 1.29 is 10.2 Å². The first-order valence-electron chi connectivity index (χ1n) is 14.3. The van der Waals surface area contributed by atoms with Crippen LogP contribution in [0.4, 0.5) is 0 Å². The van der Waals surface area contributed by atoms with Crippen molar-refractivity contribution in [3.63, 3.8) is 0 Å². The van der Waals surface area contributed by atoms with Crippen LogP contribution in [0.25, 0.3) is 0 Å². The first-order valence-corrected chi connectivity index (χ1v) is 17.1. The molecular weight excluding hydrogens is 399 g/mol. The summed E-state index contributed by atoms with van der Waals surface area (Å²) in [6.07, 6.45) is 30.2. The number of hydrogen-bond acceptors (Lipinski definition) is 2. The molecular formula is C28H61O2P. The Labute approximate surface area is 197 Å². The maximum absolute atomic E-state index is 9.37. The molecule has 0 aromatic rings. The Morgan fingerprint density at radius 2 is 0.806 bits per heavy atom. The second kappa shape index (κ2) is 23.5. The number of hydrogen-bond donors (Lipinski definition) is 2. The summed E-state index contributed by atoms with van der Waals surface area (Å²) in [7, 11) is -1.33. The molecule has 3 heteroatoms. The van der Waals surface area contributed by atoms with E-state index in [1.54, 1.807) is 0 Å². The molecule has 0 rings (SSSR count). The Balaban J connectivity index is 3.73. The van der Waals surface area contributed by atoms with E-state index < -0.39 is 7.26 Å². The van der Waals surface area contributed by atoms with Crippen molar-refractivity contribution in [1.82, 2.24) is 0 Å². The van der Waals surface area contributed by atoms with Gasteiger partial charge in [-0.2, -0.15) is 0 Å². The first-order chi connectivity index (χ1) is 15.1. The van der Waals surface area contributed by atoms with Crippen LogP contribution in [0.2, 0.25) is 0 Å². The van der Waals surface area contributed by atoms with E-state index in [0.717, 1.165) is 18.8 Å². The summed E-state index contributed by atoms with van der Waals surface area (Å²) in [4.78, 5) is 0. The van der Waals surface area contributed by atoms with E-state index in [9.17, 15) is 10.2 Å². The van der Waals surface area contributed by atoms with Gasteiger partial charge in [-0.25, -0.2) is 0 Å². The minimum atomic E-state index is -1.33. The molecule has 2 N–H and O–H groups in total. The number of aliphatic hydroxyl groups excluding tert-OH is 2. The van der Waals surface area contributed by atoms with Crippen LogP contribution < -0.4 is 0 Å². The van der Waals surface area contributed by atoms with Gasteiger partial charge in [-0.1, -0.05) is 39.0 Å². The summed E-state index contributed by atoms with van der Waals surface area (Å²) in [6.45, 7) is 7.68. The van der Waals surface area contributed by atoms with Crippen LogP contribution in [0.1, 0.15) is 136 Å². The van der Waals surface area contributed by atoms with Crippen LogP contribution >= 0.6 is 7.26 Å². The van der Waals surface area contributed by atoms with E-state index in [0.29, 0.717) is 13.2 Å². The fourth-order valence-corrected chi connectivity index (χ4v) is 11.4. The van der Waals surface area contributed by atoms with Crippen LogP contribution in [0.5, 0.6) is 0 Å². The molecule has 0 radical (unpaired) electrons. The molecule has 0 spiro atoms. The molecule has 2 nitrogen and oxygen atoms in total. The van der Waals surface area contributed by atoms with Gasteiger partial charge in [0.25, 0.3) is 0 Å². The third kappa shape index (κ3) is 20.7. The molecule has 0 aliphatic carbocycles. The Bertz CT molecular complexity index is 338. The van der Waals surface area contributed by atoms with Gasteiger partial charge in [-0.05, 0) is 0 Å². The van der Waals surface area contributed by atoms with Crippen molar-refractivity contribution in [2.24, 2.45) is 5.92 Å². The van der Waals surface area contributed by atoms with Gasteiger partial charge < -0.3 is 0 Å². The van der Waals surface area contributed by atoms with Crippen molar-refractivity contribution >= 4 is 7.26 Å². The minimum absolute atomic E-state index is 0.338. The van der Waals surface area contributed by atoms with Crippen molar-refractivity contribution in [3.8, 4) is 0 Å². The van der Waals surface area contributed by atoms with Gasteiger partial charge in [0.15, 0.2) is 0 Å². The zero-order valence-electron chi connectivity index (χ0n) is 21.9. The van der Waals surface area contributed by atoms with Crippen LogP contribution in [0.15, 0.2) is 0 Å². The number of aliphatic hydroxyl groups is 2. The normalized spacial score (nSPS) is 12.7.